The lowest BCUT2D eigenvalue weighted by atomic mass is 10.1. The van der Waals surface area contributed by atoms with Gasteiger partial charge in [-0.05, 0) is 37.3 Å². The molecule has 0 N–H and O–H groups in total. The van der Waals surface area contributed by atoms with E-state index < -0.39 is 10.0 Å². The molecule has 1 aliphatic heterocycles. The van der Waals surface area contributed by atoms with Gasteiger partial charge in [-0.3, -0.25) is 4.31 Å². The molecule has 0 saturated heterocycles. The summed E-state index contributed by atoms with van der Waals surface area (Å²) in [5.74, 6) is 0. The maximum atomic E-state index is 13.3. The molecule has 1 unspecified atom stereocenters. The van der Waals surface area contributed by atoms with Gasteiger partial charge in [-0.1, -0.05) is 46.4 Å². The van der Waals surface area contributed by atoms with Crippen molar-refractivity contribution in [2.24, 2.45) is 0 Å². The summed E-state index contributed by atoms with van der Waals surface area (Å²) in [6, 6.07) is 17.1. The normalized spacial score (nSPS) is 15.2. The molecule has 0 radical (unpaired) electrons. The Morgan fingerprint density at radius 1 is 1.04 bits per heavy atom. The summed E-state index contributed by atoms with van der Waals surface area (Å²) < 4.78 is 31.3. The van der Waals surface area contributed by atoms with Gasteiger partial charge < -0.3 is 71.9 Å². The number of benzene rings is 2. The van der Waals surface area contributed by atoms with Gasteiger partial charge in [0.1, 0.15) is 5.69 Å². The number of sulfonamides is 1. The molecule has 1 aliphatic rings. The zero-order valence-corrected chi connectivity index (χ0v) is 24.3. The standard InChI is InChI=1S/C19H18IN2O2S.3HI/c1-14-7-9-17(10-8-14)25(23,24)22-13-16(12-20)21-11-3-5-15-4-2-6-18(22)19(15)21;;;/h2-11,16H,12-13H2,1H3;3*1H/q+1;;;/p-3. The molecule has 152 valence electrons. The van der Waals surface area contributed by atoms with Gasteiger partial charge in [-0.25, -0.2) is 8.42 Å². The predicted molar refractivity (Wildman–Crippen MR) is 108 cm³/mol. The Labute approximate surface area is 230 Å². The Kier molecular flexibility index (Phi) is 10.2. The van der Waals surface area contributed by atoms with Crippen LogP contribution in [0.1, 0.15) is 11.6 Å². The van der Waals surface area contributed by atoms with Gasteiger partial charge in [0.25, 0.3) is 10.0 Å². The second kappa shape index (κ2) is 10.7. The first-order chi connectivity index (χ1) is 12.0. The van der Waals surface area contributed by atoms with E-state index in [0.29, 0.717) is 11.4 Å². The molecule has 0 aliphatic carbocycles. The first-order valence-corrected chi connectivity index (χ1v) is 11.1. The fourth-order valence-electron chi connectivity index (χ4n) is 3.35. The lowest BCUT2D eigenvalue weighted by Crippen LogP contribution is -3.00. The number of para-hydroxylation sites is 1. The molecule has 1 aromatic heterocycles. The van der Waals surface area contributed by atoms with Gasteiger partial charge in [0.05, 0.1) is 15.9 Å². The SMILES string of the molecule is Cc1ccc(S(=O)(=O)N2CC(CI)[n+]3cccc4cccc2c43)cc1.[I-].[I-].[I-]. The number of aryl methyl sites for hydroxylation is 1. The molecule has 3 aromatic rings. The first kappa shape index (κ1) is 26.6. The third kappa shape index (κ3) is 4.72. The largest absolute Gasteiger partial charge is 1.00 e. The van der Waals surface area contributed by atoms with Crippen LogP contribution in [0.5, 0.6) is 0 Å². The average molecular weight is 846 g/mol. The second-order valence-corrected chi connectivity index (χ2v) is 9.03. The van der Waals surface area contributed by atoms with E-state index in [1.807, 2.05) is 55.6 Å². The Morgan fingerprint density at radius 2 is 1.68 bits per heavy atom. The summed E-state index contributed by atoms with van der Waals surface area (Å²) in [7, 11) is -3.59. The second-order valence-electron chi connectivity index (χ2n) is 6.29. The molecule has 28 heavy (non-hydrogen) atoms. The fourth-order valence-corrected chi connectivity index (χ4v) is 5.56. The van der Waals surface area contributed by atoms with E-state index >= 15 is 0 Å². The van der Waals surface area contributed by atoms with E-state index in [1.165, 1.54) is 0 Å². The van der Waals surface area contributed by atoms with Crippen LogP contribution in [0.4, 0.5) is 5.69 Å². The van der Waals surface area contributed by atoms with Crippen LogP contribution in [-0.4, -0.2) is 19.4 Å². The molecule has 2 aromatic carbocycles. The van der Waals surface area contributed by atoms with Crippen molar-refractivity contribution >= 4 is 49.2 Å². The summed E-state index contributed by atoms with van der Waals surface area (Å²) in [5, 5.41) is 1.05. The van der Waals surface area contributed by atoms with Crippen LogP contribution in [0.15, 0.2) is 65.7 Å². The number of pyridine rings is 1. The highest BCUT2D eigenvalue weighted by molar-refractivity contribution is 14.1. The molecule has 2 heterocycles. The van der Waals surface area contributed by atoms with Crippen LogP contribution < -0.4 is 80.8 Å². The minimum Gasteiger partial charge on any atom is -1.00 e. The van der Waals surface area contributed by atoms with Gasteiger partial charge in [0.15, 0.2) is 12.2 Å². The van der Waals surface area contributed by atoms with Gasteiger partial charge in [0, 0.05) is 11.5 Å². The lowest BCUT2D eigenvalue weighted by molar-refractivity contribution is -0.691. The van der Waals surface area contributed by atoms with Crippen LogP contribution in [0.3, 0.4) is 0 Å². The summed E-state index contributed by atoms with van der Waals surface area (Å²) in [6.07, 6.45) is 2.05. The number of halogens is 4. The van der Waals surface area contributed by atoms with Crippen molar-refractivity contribution in [3.05, 3.63) is 66.4 Å². The molecular formula is C19H18I4N2O2S-2. The lowest BCUT2D eigenvalue weighted by Gasteiger charge is -2.30. The molecule has 0 spiro atoms. The van der Waals surface area contributed by atoms with E-state index in [4.69, 9.17) is 0 Å². The van der Waals surface area contributed by atoms with Gasteiger partial charge in [0.2, 0.25) is 5.52 Å². The van der Waals surface area contributed by atoms with E-state index in [0.717, 1.165) is 26.6 Å². The third-order valence-corrected chi connectivity index (χ3v) is 7.46. The summed E-state index contributed by atoms with van der Waals surface area (Å²) >= 11 is 2.33. The van der Waals surface area contributed by atoms with Crippen molar-refractivity contribution in [1.82, 2.24) is 0 Å². The molecule has 0 amide bonds. The fraction of sp³-hybridized carbons (Fsp3) is 0.211. The molecule has 0 bridgehead atoms. The zero-order valence-electron chi connectivity index (χ0n) is 14.9. The maximum absolute atomic E-state index is 13.3. The van der Waals surface area contributed by atoms with Gasteiger partial charge in [-0.2, -0.15) is 4.57 Å². The number of hydrogen-bond donors (Lipinski definition) is 0. The molecule has 0 saturated carbocycles. The Morgan fingerprint density at radius 3 is 2.32 bits per heavy atom. The van der Waals surface area contributed by atoms with Crippen LogP contribution in [0.25, 0.3) is 10.9 Å². The number of anilines is 1. The topological polar surface area (TPSA) is 41.3 Å². The highest BCUT2D eigenvalue weighted by Crippen LogP contribution is 2.34. The molecule has 9 heteroatoms. The highest BCUT2D eigenvalue weighted by Gasteiger charge is 2.38. The van der Waals surface area contributed by atoms with Crippen LogP contribution >= 0.6 is 22.6 Å². The van der Waals surface area contributed by atoms with Crippen molar-refractivity contribution in [1.29, 1.82) is 0 Å². The summed E-state index contributed by atoms with van der Waals surface area (Å²) in [6.45, 7) is 2.40. The zero-order chi connectivity index (χ0) is 17.6. The minimum atomic E-state index is -3.59. The molecular weight excluding hydrogens is 828 g/mol. The van der Waals surface area contributed by atoms with E-state index in [9.17, 15) is 8.42 Å². The average Bonchev–Trinajstić information content (AvgIpc) is 2.62. The Hall–Kier alpha value is 0.520. The molecule has 0 fully saturated rings. The molecule has 1 atom stereocenters. The van der Waals surface area contributed by atoms with Crippen molar-refractivity contribution in [3.8, 4) is 0 Å². The maximum Gasteiger partial charge on any atom is 0.264 e. The van der Waals surface area contributed by atoms with E-state index in [2.05, 4.69) is 27.2 Å². The predicted octanol–water partition coefficient (Wildman–Crippen LogP) is -5.37. The minimum absolute atomic E-state index is 0. The van der Waals surface area contributed by atoms with Crippen molar-refractivity contribution < 1.29 is 84.9 Å². The van der Waals surface area contributed by atoms with E-state index in [1.54, 1.807) is 16.4 Å². The number of hydrogen-bond acceptors (Lipinski definition) is 2. The van der Waals surface area contributed by atoms with Crippen molar-refractivity contribution in [3.63, 3.8) is 0 Å². The van der Waals surface area contributed by atoms with Crippen LogP contribution in [-0.2, 0) is 10.0 Å². The summed E-state index contributed by atoms with van der Waals surface area (Å²) in [4.78, 5) is 0.340. The van der Waals surface area contributed by atoms with Gasteiger partial charge >= 0.3 is 0 Å². The van der Waals surface area contributed by atoms with E-state index in [-0.39, 0.29) is 78.0 Å². The highest BCUT2D eigenvalue weighted by atomic mass is 127. The quantitative estimate of drug-likeness (QED) is 0.151. The number of rotatable bonds is 3. The molecule has 4 nitrogen and oxygen atoms in total. The third-order valence-electron chi connectivity index (χ3n) is 4.65. The monoisotopic (exact) mass is 846 g/mol. The number of alkyl halides is 1. The summed E-state index contributed by atoms with van der Waals surface area (Å²) in [5.41, 5.74) is 2.78. The first-order valence-electron chi connectivity index (χ1n) is 8.10. The van der Waals surface area contributed by atoms with Crippen LogP contribution in [0.2, 0.25) is 0 Å². The molecule has 4 rings (SSSR count). The van der Waals surface area contributed by atoms with Gasteiger partial charge in [-0.15, -0.1) is 0 Å². The van der Waals surface area contributed by atoms with Crippen molar-refractivity contribution in [2.45, 2.75) is 17.9 Å². The Bertz CT molecular complexity index is 1050. The van der Waals surface area contributed by atoms with Crippen molar-refractivity contribution in [2.75, 3.05) is 15.3 Å². The number of nitrogens with zero attached hydrogens (tertiary/aromatic N) is 2. The Balaban J connectivity index is 0.00000131. The van der Waals surface area contributed by atoms with Crippen LogP contribution in [0, 0.1) is 6.92 Å². The number of aromatic nitrogens is 1. The smallest absolute Gasteiger partial charge is 0.264 e.